The largest absolute Gasteiger partial charge is 0.497 e. The maximum absolute atomic E-state index is 6.19. The van der Waals surface area contributed by atoms with E-state index in [2.05, 4.69) is 17.2 Å². The Hall–Kier alpha value is -1.45. The molecule has 1 N–H and O–H groups in total. The van der Waals surface area contributed by atoms with E-state index in [4.69, 9.17) is 27.9 Å². The molecule has 5 heteroatoms. The van der Waals surface area contributed by atoms with E-state index in [1.807, 2.05) is 31.2 Å². The van der Waals surface area contributed by atoms with Gasteiger partial charge in [0, 0.05) is 0 Å². The fourth-order valence-electron chi connectivity index (χ4n) is 2.20. The maximum Gasteiger partial charge on any atom is 0.154 e. The lowest BCUT2D eigenvalue weighted by atomic mass is 10.0. The van der Waals surface area contributed by atoms with Crippen LogP contribution in [0.15, 0.2) is 30.3 Å². The van der Waals surface area contributed by atoms with Crippen LogP contribution in [0, 0.1) is 6.92 Å². The number of nitrogens with one attached hydrogen (secondary N) is 1. The lowest BCUT2D eigenvalue weighted by Gasteiger charge is -2.21. The Balaban J connectivity index is 2.26. The van der Waals surface area contributed by atoms with Crippen LogP contribution in [0.5, 0.6) is 5.75 Å². The Labute approximate surface area is 135 Å². The van der Waals surface area contributed by atoms with Crippen molar-refractivity contribution in [2.24, 2.45) is 0 Å². The van der Waals surface area contributed by atoms with Gasteiger partial charge in [0.1, 0.15) is 10.9 Å². The molecule has 0 saturated heterocycles. The molecule has 1 unspecified atom stereocenters. The van der Waals surface area contributed by atoms with Crippen molar-refractivity contribution in [2.45, 2.75) is 26.3 Å². The van der Waals surface area contributed by atoms with Gasteiger partial charge in [0.2, 0.25) is 0 Å². The molecule has 0 fully saturated rings. The van der Waals surface area contributed by atoms with Crippen LogP contribution in [0.1, 0.15) is 30.5 Å². The van der Waals surface area contributed by atoms with Crippen molar-refractivity contribution >= 4 is 28.9 Å². The molecule has 2 rings (SSSR count). The van der Waals surface area contributed by atoms with E-state index in [0.717, 1.165) is 23.4 Å². The van der Waals surface area contributed by atoms with Gasteiger partial charge in [-0.3, -0.25) is 0 Å². The first-order valence-electron chi connectivity index (χ1n) is 6.78. The first kappa shape index (κ1) is 15.9. The monoisotopic (exact) mass is 324 g/mol. The fourth-order valence-corrected chi connectivity index (χ4v) is 2.79. The van der Waals surface area contributed by atoms with Crippen LogP contribution in [-0.2, 0) is 0 Å². The van der Waals surface area contributed by atoms with Crippen LogP contribution >= 0.6 is 23.2 Å². The number of methoxy groups -OCH3 is 1. The van der Waals surface area contributed by atoms with Crippen LogP contribution < -0.4 is 10.1 Å². The summed E-state index contributed by atoms with van der Waals surface area (Å²) in [6.07, 6.45) is 0.921. The molecule has 0 amide bonds. The van der Waals surface area contributed by atoms with Crippen molar-refractivity contribution < 1.29 is 4.74 Å². The molecule has 0 aliphatic rings. The number of benzene rings is 1. The van der Waals surface area contributed by atoms with Gasteiger partial charge in [0.15, 0.2) is 5.15 Å². The van der Waals surface area contributed by atoms with E-state index >= 15 is 0 Å². The van der Waals surface area contributed by atoms with Gasteiger partial charge in [-0.2, -0.15) is 0 Å². The summed E-state index contributed by atoms with van der Waals surface area (Å²) in [5.41, 5.74) is 2.97. The van der Waals surface area contributed by atoms with Gasteiger partial charge in [-0.1, -0.05) is 42.3 Å². The minimum atomic E-state index is 0.148. The average molecular weight is 325 g/mol. The highest BCUT2D eigenvalue weighted by Gasteiger charge is 2.14. The minimum absolute atomic E-state index is 0.148. The van der Waals surface area contributed by atoms with Crippen molar-refractivity contribution in [1.29, 1.82) is 0 Å². The van der Waals surface area contributed by atoms with Gasteiger partial charge >= 0.3 is 0 Å². The molecule has 21 heavy (non-hydrogen) atoms. The zero-order chi connectivity index (χ0) is 15.4. The molecule has 1 heterocycles. The molecule has 0 aliphatic heterocycles. The number of rotatable bonds is 5. The van der Waals surface area contributed by atoms with E-state index in [9.17, 15) is 0 Å². The number of hydrogen-bond donors (Lipinski definition) is 1. The number of hydrogen-bond acceptors (Lipinski definition) is 3. The third kappa shape index (κ3) is 3.80. The van der Waals surface area contributed by atoms with Gasteiger partial charge in [-0.15, -0.1) is 0 Å². The van der Waals surface area contributed by atoms with Crippen molar-refractivity contribution in [2.75, 3.05) is 12.4 Å². The SMILES string of the molecule is CCC(Nc1c(C)cc(Cl)nc1Cl)c1ccc(OC)cc1. The van der Waals surface area contributed by atoms with Gasteiger partial charge in [-0.25, -0.2) is 4.98 Å². The molecular weight excluding hydrogens is 307 g/mol. The summed E-state index contributed by atoms with van der Waals surface area (Å²) < 4.78 is 5.19. The first-order valence-corrected chi connectivity index (χ1v) is 7.53. The lowest BCUT2D eigenvalue weighted by molar-refractivity contribution is 0.414. The third-order valence-corrected chi connectivity index (χ3v) is 3.85. The topological polar surface area (TPSA) is 34.2 Å². The highest BCUT2D eigenvalue weighted by molar-refractivity contribution is 6.34. The molecule has 112 valence electrons. The highest BCUT2D eigenvalue weighted by Crippen LogP contribution is 2.31. The molecule has 3 nitrogen and oxygen atoms in total. The van der Waals surface area contributed by atoms with Crippen LogP contribution in [0.2, 0.25) is 10.3 Å². The van der Waals surface area contributed by atoms with E-state index in [1.165, 1.54) is 5.56 Å². The lowest BCUT2D eigenvalue weighted by Crippen LogP contribution is -2.11. The standard InChI is InChI=1S/C16H18Cl2N2O/c1-4-13(11-5-7-12(21-3)8-6-11)19-15-10(2)9-14(17)20-16(15)18/h5-9,13,19H,4H2,1-3H3. The van der Waals surface area contributed by atoms with Gasteiger partial charge in [-0.05, 0) is 42.7 Å². The van der Waals surface area contributed by atoms with Crippen LogP contribution in [-0.4, -0.2) is 12.1 Å². The zero-order valence-corrected chi connectivity index (χ0v) is 13.8. The Morgan fingerprint density at radius 1 is 1.24 bits per heavy atom. The van der Waals surface area contributed by atoms with Crippen molar-refractivity contribution in [1.82, 2.24) is 4.98 Å². The maximum atomic E-state index is 6.19. The summed E-state index contributed by atoms with van der Waals surface area (Å²) in [6.45, 7) is 4.08. The second-order valence-corrected chi connectivity index (χ2v) is 5.55. The quantitative estimate of drug-likeness (QED) is 0.761. The number of aryl methyl sites for hydroxylation is 1. The molecule has 1 aromatic carbocycles. The highest BCUT2D eigenvalue weighted by atomic mass is 35.5. The van der Waals surface area contributed by atoms with E-state index in [0.29, 0.717) is 10.3 Å². The predicted octanol–water partition coefficient (Wildman–Crippen LogP) is 5.27. The predicted molar refractivity (Wildman–Crippen MR) is 88.6 cm³/mol. The smallest absolute Gasteiger partial charge is 0.154 e. The van der Waals surface area contributed by atoms with Gasteiger partial charge in [0.25, 0.3) is 0 Å². The molecule has 0 aliphatic carbocycles. The number of ether oxygens (including phenoxy) is 1. The van der Waals surface area contributed by atoms with E-state index in [1.54, 1.807) is 13.2 Å². The third-order valence-electron chi connectivity index (χ3n) is 3.39. The Morgan fingerprint density at radius 3 is 2.43 bits per heavy atom. The van der Waals surface area contributed by atoms with Crippen molar-refractivity contribution in [3.63, 3.8) is 0 Å². The Morgan fingerprint density at radius 2 is 1.90 bits per heavy atom. The molecule has 0 radical (unpaired) electrons. The number of aromatic nitrogens is 1. The van der Waals surface area contributed by atoms with E-state index < -0.39 is 0 Å². The zero-order valence-electron chi connectivity index (χ0n) is 12.3. The second-order valence-electron chi connectivity index (χ2n) is 4.81. The van der Waals surface area contributed by atoms with Gasteiger partial charge < -0.3 is 10.1 Å². The average Bonchev–Trinajstić information content (AvgIpc) is 2.47. The van der Waals surface area contributed by atoms with Crippen LogP contribution in [0.3, 0.4) is 0 Å². The Kier molecular flexibility index (Phi) is 5.32. The van der Waals surface area contributed by atoms with Crippen molar-refractivity contribution in [3.8, 4) is 5.75 Å². The molecular formula is C16H18Cl2N2O. The molecule has 2 aromatic rings. The van der Waals surface area contributed by atoms with Gasteiger partial charge in [0.05, 0.1) is 18.8 Å². The summed E-state index contributed by atoms with van der Waals surface area (Å²) in [6, 6.07) is 9.95. The first-order chi connectivity index (χ1) is 10.0. The van der Waals surface area contributed by atoms with Crippen molar-refractivity contribution in [3.05, 3.63) is 51.8 Å². The van der Waals surface area contributed by atoms with Crippen LogP contribution in [0.25, 0.3) is 0 Å². The minimum Gasteiger partial charge on any atom is -0.497 e. The summed E-state index contributed by atoms with van der Waals surface area (Å²) in [5.74, 6) is 0.843. The molecule has 0 spiro atoms. The Bertz CT molecular complexity index is 591. The fraction of sp³-hybridized carbons (Fsp3) is 0.312. The summed E-state index contributed by atoms with van der Waals surface area (Å²) >= 11 is 12.1. The number of anilines is 1. The summed E-state index contributed by atoms with van der Waals surface area (Å²) in [4.78, 5) is 4.09. The molecule has 0 saturated carbocycles. The molecule has 0 bridgehead atoms. The number of pyridine rings is 1. The normalized spacial score (nSPS) is 12.0. The van der Waals surface area contributed by atoms with Crippen LogP contribution in [0.4, 0.5) is 5.69 Å². The van der Waals surface area contributed by atoms with E-state index in [-0.39, 0.29) is 6.04 Å². The number of nitrogens with zero attached hydrogens (tertiary/aromatic N) is 1. The summed E-state index contributed by atoms with van der Waals surface area (Å²) in [7, 11) is 1.66. The molecule has 1 atom stereocenters. The second kappa shape index (κ2) is 7.01. The number of halogens is 2. The molecule has 1 aromatic heterocycles. The summed E-state index contributed by atoms with van der Waals surface area (Å²) in [5, 5.41) is 4.25.